The topological polar surface area (TPSA) is 129 Å². The smallest absolute Gasteiger partial charge is 0.410 e. The number of aromatic nitrogens is 2. The van der Waals surface area contributed by atoms with Gasteiger partial charge in [-0.15, -0.1) is 0 Å². The van der Waals surface area contributed by atoms with Gasteiger partial charge in [-0.05, 0) is 57.7 Å². The monoisotopic (exact) mass is 562 g/mol. The van der Waals surface area contributed by atoms with E-state index in [9.17, 15) is 14.4 Å². The van der Waals surface area contributed by atoms with E-state index in [2.05, 4.69) is 21.7 Å². The van der Waals surface area contributed by atoms with Crippen LogP contribution in [0.2, 0.25) is 0 Å². The highest BCUT2D eigenvalue weighted by atomic mass is 16.6. The lowest BCUT2D eigenvalue weighted by Gasteiger charge is -2.38. The van der Waals surface area contributed by atoms with Crippen molar-refractivity contribution in [3.8, 4) is 6.07 Å². The fraction of sp³-hybridized carbons (Fsp3) is 0.581. The van der Waals surface area contributed by atoms with Crippen LogP contribution in [-0.2, 0) is 27.3 Å². The quantitative estimate of drug-likeness (QED) is 0.504. The van der Waals surface area contributed by atoms with Crippen LogP contribution < -0.4 is 10.6 Å². The van der Waals surface area contributed by atoms with Crippen LogP contribution in [0.15, 0.2) is 36.8 Å². The first kappa shape index (κ1) is 30.1. The number of carbonyl (C=O) groups excluding carboxylic acids is 3. The third-order valence-corrected chi connectivity index (χ3v) is 7.80. The van der Waals surface area contributed by atoms with Crippen LogP contribution in [0.3, 0.4) is 0 Å². The molecule has 220 valence electrons. The first-order valence-electron chi connectivity index (χ1n) is 14.7. The molecule has 2 atom stereocenters. The first-order chi connectivity index (χ1) is 19.6. The maximum absolute atomic E-state index is 13.5. The summed E-state index contributed by atoms with van der Waals surface area (Å²) in [6, 6.07) is 9.70. The van der Waals surface area contributed by atoms with Crippen LogP contribution in [0, 0.1) is 23.2 Å². The Balaban J connectivity index is 1.38. The average molecular weight is 563 g/mol. The Kier molecular flexibility index (Phi) is 10.0. The van der Waals surface area contributed by atoms with Crippen LogP contribution in [0.1, 0.15) is 76.1 Å². The summed E-state index contributed by atoms with van der Waals surface area (Å²) in [6.07, 6.45) is 9.37. The Morgan fingerprint density at radius 1 is 1.05 bits per heavy atom. The molecule has 0 bridgehead atoms. The molecule has 1 aromatic heterocycles. The SMILES string of the molecule is CC(C)(C)OC(=O)N1CCC(C(=O)NC2CCCCC2)[C@@H](C(=O)NCCc2cncn2Cc2ccc(C#N)cc2)C1. The van der Waals surface area contributed by atoms with Crippen molar-refractivity contribution in [2.75, 3.05) is 19.6 Å². The fourth-order valence-electron chi connectivity index (χ4n) is 5.60. The van der Waals surface area contributed by atoms with Crippen LogP contribution in [0.4, 0.5) is 4.79 Å². The number of nitrogens with zero attached hydrogens (tertiary/aromatic N) is 4. The predicted molar refractivity (Wildman–Crippen MR) is 154 cm³/mol. The molecule has 10 heteroatoms. The van der Waals surface area contributed by atoms with E-state index < -0.39 is 23.5 Å². The molecule has 41 heavy (non-hydrogen) atoms. The zero-order valence-electron chi connectivity index (χ0n) is 24.4. The fourth-order valence-corrected chi connectivity index (χ4v) is 5.60. The van der Waals surface area contributed by atoms with Crippen molar-refractivity contribution < 1.29 is 19.1 Å². The number of hydrogen-bond acceptors (Lipinski definition) is 6. The van der Waals surface area contributed by atoms with Gasteiger partial charge in [0.25, 0.3) is 0 Å². The van der Waals surface area contributed by atoms with E-state index in [1.807, 2.05) is 37.5 Å². The summed E-state index contributed by atoms with van der Waals surface area (Å²) in [7, 11) is 0. The lowest BCUT2D eigenvalue weighted by atomic mass is 9.83. The summed E-state index contributed by atoms with van der Waals surface area (Å²) in [5.74, 6) is -1.50. The number of carbonyl (C=O) groups is 3. The number of rotatable bonds is 8. The van der Waals surface area contributed by atoms with Crippen molar-refractivity contribution in [2.24, 2.45) is 11.8 Å². The molecule has 1 saturated heterocycles. The van der Waals surface area contributed by atoms with Gasteiger partial charge in [0, 0.05) is 50.5 Å². The van der Waals surface area contributed by atoms with E-state index in [1.165, 1.54) is 6.42 Å². The Morgan fingerprint density at radius 2 is 1.78 bits per heavy atom. The van der Waals surface area contributed by atoms with Crippen molar-refractivity contribution in [1.82, 2.24) is 25.1 Å². The van der Waals surface area contributed by atoms with Crippen LogP contribution in [0.5, 0.6) is 0 Å². The summed E-state index contributed by atoms with van der Waals surface area (Å²) in [4.78, 5) is 45.5. The number of piperidine rings is 1. The van der Waals surface area contributed by atoms with E-state index in [0.717, 1.165) is 36.9 Å². The van der Waals surface area contributed by atoms with Gasteiger partial charge in [0.1, 0.15) is 5.60 Å². The van der Waals surface area contributed by atoms with Crippen LogP contribution in [-0.4, -0.2) is 63.6 Å². The minimum atomic E-state index is -0.664. The zero-order chi connectivity index (χ0) is 29.4. The Hall–Kier alpha value is -3.87. The van der Waals surface area contributed by atoms with Gasteiger partial charge in [0.2, 0.25) is 11.8 Å². The highest BCUT2D eigenvalue weighted by molar-refractivity contribution is 5.88. The molecule has 10 nitrogen and oxygen atoms in total. The number of ether oxygens (including phenoxy) is 1. The van der Waals surface area contributed by atoms with Gasteiger partial charge in [-0.3, -0.25) is 9.59 Å². The molecule has 2 fully saturated rings. The van der Waals surface area contributed by atoms with E-state index in [-0.39, 0.29) is 24.4 Å². The van der Waals surface area contributed by atoms with Gasteiger partial charge in [-0.1, -0.05) is 31.4 Å². The van der Waals surface area contributed by atoms with E-state index >= 15 is 0 Å². The zero-order valence-corrected chi connectivity index (χ0v) is 24.4. The Labute approximate surface area is 242 Å². The van der Waals surface area contributed by atoms with Crippen molar-refractivity contribution in [3.63, 3.8) is 0 Å². The number of likely N-dealkylation sites (tertiary alicyclic amines) is 1. The molecule has 2 aromatic rings. The highest BCUT2D eigenvalue weighted by Gasteiger charge is 2.41. The molecule has 4 rings (SSSR count). The molecule has 2 N–H and O–H groups in total. The minimum Gasteiger partial charge on any atom is -0.444 e. The Bertz CT molecular complexity index is 1240. The minimum absolute atomic E-state index is 0.0959. The number of nitriles is 1. The molecule has 0 spiro atoms. The second-order valence-corrected chi connectivity index (χ2v) is 12.1. The summed E-state index contributed by atoms with van der Waals surface area (Å²) < 4.78 is 7.57. The highest BCUT2D eigenvalue weighted by Crippen LogP contribution is 2.27. The van der Waals surface area contributed by atoms with E-state index in [0.29, 0.717) is 38.0 Å². The number of imidazole rings is 1. The molecule has 0 radical (unpaired) electrons. The maximum atomic E-state index is 13.5. The molecule has 1 unspecified atom stereocenters. The van der Waals surface area contributed by atoms with Gasteiger partial charge < -0.3 is 24.8 Å². The molecule has 3 amide bonds. The van der Waals surface area contributed by atoms with Gasteiger partial charge in [-0.2, -0.15) is 5.26 Å². The van der Waals surface area contributed by atoms with E-state index in [1.54, 1.807) is 29.6 Å². The number of nitrogens with one attached hydrogen (secondary N) is 2. The van der Waals surface area contributed by atoms with E-state index in [4.69, 9.17) is 10.00 Å². The molecule has 1 aromatic carbocycles. The van der Waals surface area contributed by atoms with Crippen LogP contribution >= 0.6 is 0 Å². The Morgan fingerprint density at radius 3 is 2.46 bits per heavy atom. The van der Waals surface area contributed by atoms with Gasteiger partial charge >= 0.3 is 6.09 Å². The first-order valence-corrected chi connectivity index (χ1v) is 14.7. The second kappa shape index (κ2) is 13.7. The molecule has 2 heterocycles. The number of hydrogen-bond donors (Lipinski definition) is 2. The standard InChI is InChI=1S/C31H42N6O4/c1-31(2,3)41-30(40)36-16-14-26(29(39)35-24-7-5-4-6-8-24)27(20-36)28(38)34-15-13-25-18-33-21-37(25)19-23-11-9-22(17-32)10-12-23/h9-12,18,21,24,26-27H,4-8,13-16,19-20H2,1-3H3,(H,34,38)(H,35,39)/t26?,27-/m0/s1. The van der Waals surface area contributed by atoms with Gasteiger partial charge in [0.05, 0.1) is 29.8 Å². The summed E-state index contributed by atoms with van der Waals surface area (Å²) >= 11 is 0. The summed E-state index contributed by atoms with van der Waals surface area (Å²) in [5, 5.41) is 15.2. The average Bonchev–Trinajstić information content (AvgIpc) is 3.39. The maximum Gasteiger partial charge on any atom is 0.410 e. The molecular weight excluding hydrogens is 520 g/mol. The molecular formula is C31H42N6O4. The normalized spacial score (nSPS) is 19.7. The predicted octanol–water partition coefficient (Wildman–Crippen LogP) is 3.78. The van der Waals surface area contributed by atoms with Crippen molar-refractivity contribution in [2.45, 2.75) is 83.9 Å². The largest absolute Gasteiger partial charge is 0.444 e. The summed E-state index contributed by atoms with van der Waals surface area (Å²) in [6.45, 7) is 6.92. The lowest BCUT2D eigenvalue weighted by Crippen LogP contribution is -2.55. The molecule has 1 saturated carbocycles. The number of benzene rings is 1. The second-order valence-electron chi connectivity index (χ2n) is 12.1. The molecule has 2 aliphatic rings. The molecule has 1 aliphatic heterocycles. The number of amides is 3. The third-order valence-electron chi connectivity index (χ3n) is 7.80. The van der Waals surface area contributed by atoms with Crippen molar-refractivity contribution >= 4 is 17.9 Å². The van der Waals surface area contributed by atoms with Crippen molar-refractivity contribution in [3.05, 3.63) is 53.6 Å². The van der Waals surface area contributed by atoms with Crippen molar-refractivity contribution in [1.29, 1.82) is 5.26 Å². The van der Waals surface area contributed by atoms with Gasteiger partial charge in [0.15, 0.2) is 0 Å². The summed E-state index contributed by atoms with van der Waals surface area (Å²) in [5.41, 5.74) is 1.97. The lowest BCUT2D eigenvalue weighted by molar-refractivity contribution is -0.138. The third kappa shape index (κ3) is 8.56. The molecule has 1 aliphatic carbocycles. The van der Waals surface area contributed by atoms with Crippen LogP contribution in [0.25, 0.3) is 0 Å². The van der Waals surface area contributed by atoms with Gasteiger partial charge in [-0.25, -0.2) is 9.78 Å².